The van der Waals surface area contributed by atoms with Crippen molar-refractivity contribution in [1.29, 1.82) is 0 Å². The molecule has 0 saturated carbocycles. The van der Waals surface area contributed by atoms with Gasteiger partial charge < -0.3 is 0 Å². The standard InChI is InChI=1S/C5H3Cl2IN2/c6-4-1-3(2-8)5(7)10-9-4/h1H,2H2. The Morgan fingerprint density at radius 2 is 2.10 bits per heavy atom. The molecule has 0 N–H and O–H groups in total. The van der Waals surface area contributed by atoms with Crippen molar-refractivity contribution in [3.8, 4) is 0 Å². The first kappa shape index (κ1) is 8.49. The molecule has 0 aliphatic carbocycles. The molecule has 0 spiro atoms. The van der Waals surface area contributed by atoms with Gasteiger partial charge in [0.1, 0.15) is 0 Å². The van der Waals surface area contributed by atoms with Crippen molar-refractivity contribution in [1.82, 2.24) is 10.2 Å². The quantitative estimate of drug-likeness (QED) is 0.587. The summed E-state index contributed by atoms with van der Waals surface area (Å²) in [5, 5.41) is 8.01. The van der Waals surface area contributed by atoms with Crippen LogP contribution < -0.4 is 0 Å². The largest absolute Gasteiger partial charge is 0.155 e. The summed E-state index contributed by atoms with van der Waals surface area (Å²) in [5.41, 5.74) is 0.919. The lowest BCUT2D eigenvalue weighted by molar-refractivity contribution is 1.01. The molecule has 54 valence electrons. The zero-order valence-electron chi connectivity index (χ0n) is 4.81. The third kappa shape index (κ3) is 1.93. The van der Waals surface area contributed by atoms with E-state index in [-0.39, 0.29) is 0 Å². The van der Waals surface area contributed by atoms with Gasteiger partial charge in [0.15, 0.2) is 10.3 Å². The van der Waals surface area contributed by atoms with Gasteiger partial charge in [-0.05, 0) is 6.07 Å². The van der Waals surface area contributed by atoms with Crippen molar-refractivity contribution in [3.05, 3.63) is 21.9 Å². The van der Waals surface area contributed by atoms with Crippen LogP contribution in [0.25, 0.3) is 0 Å². The van der Waals surface area contributed by atoms with Crippen LogP contribution in [0.3, 0.4) is 0 Å². The number of nitrogens with zero attached hydrogens (tertiary/aromatic N) is 2. The molecule has 10 heavy (non-hydrogen) atoms. The van der Waals surface area contributed by atoms with Crippen LogP contribution in [-0.2, 0) is 4.43 Å². The first-order valence-electron chi connectivity index (χ1n) is 2.47. The fraction of sp³-hybridized carbons (Fsp3) is 0.200. The summed E-state index contributed by atoms with van der Waals surface area (Å²) < 4.78 is 0.797. The van der Waals surface area contributed by atoms with E-state index in [1.165, 1.54) is 0 Å². The smallest absolute Gasteiger partial charge is 0.137 e. The zero-order valence-corrected chi connectivity index (χ0v) is 8.48. The van der Waals surface area contributed by atoms with E-state index in [1.54, 1.807) is 6.07 Å². The molecule has 0 saturated heterocycles. The molecule has 1 heterocycles. The minimum atomic E-state index is 0.385. The third-order valence-electron chi connectivity index (χ3n) is 0.936. The van der Waals surface area contributed by atoms with E-state index in [0.717, 1.165) is 9.99 Å². The number of hydrogen-bond donors (Lipinski definition) is 0. The van der Waals surface area contributed by atoms with Crippen LogP contribution in [-0.4, -0.2) is 10.2 Å². The van der Waals surface area contributed by atoms with Gasteiger partial charge in [-0.1, -0.05) is 45.8 Å². The average molecular weight is 289 g/mol. The van der Waals surface area contributed by atoms with E-state index in [4.69, 9.17) is 23.2 Å². The molecule has 0 aromatic carbocycles. The summed E-state index contributed by atoms with van der Waals surface area (Å²) in [6.07, 6.45) is 0. The van der Waals surface area contributed by atoms with Crippen molar-refractivity contribution in [2.75, 3.05) is 0 Å². The van der Waals surface area contributed by atoms with E-state index in [9.17, 15) is 0 Å². The Kier molecular flexibility index (Phi) is 3.13. The van der Waals surface area contributed by atoms with Gasteiger partial charge in [-0.3, -0.25) is 0 Å². The maximum atomic E-state index is 5.66. The minimum absolute atomic E-state index is 0.385. The average Bonchev–Trinajstić information content (AvgIpc) is 1.94. The number of halogens is 3. The normalized spacial score (nSPS) is 9.90. The highest BCUT2D eigenvalue weighted by atomic mass is 127. The Morgan fingerprint density at radius 3 is 2.60 bits per heavy atom. The van der Waals surface area contributed by atoms with Gasteiger partial charge in [-0.25, -0.2) is 0 Å². The Labute approximate surface area is 82.1 Å². The highest BCUT2D eigenvalue weighted by Gasteiger charge is 2.00. The van der Waals surface area contributed by atoms with Gasteiger partial charge in [0.2, 0.25) is 0 Å². The van der Waals surface area contributed by atoms with Crippen molar-refractivity contribution in [2.45, 2.75) is 4.43 Å². The van der Waals surface area contributed by atoms with Crippen molar-refractivity contribution in [3.63, 3.8) is 0 Å². The van der Waals surface area contributed by atoms with Crippen LogP contribution in [0.15, 0.2) is 6.07 Å². The molecular formula is C5H3Cl2IN2. The number of aromatic nitrogens is 2. The Balaban J connectivity index is 3.09. The lowest BCUT2D eigenvalue weighted by Crippen LogP contribution is -1.88. The predicted molar refractivity (Wildman–Crippen MR) is 49.8 cm³/mol. The van der Waals surface area contributed by atoms with Crippen LogP contribution in [0.1, 0.15) is 5.56 Å². The molecule has 1 aromatic rings. The predicted octanol–water partition coefficient (Wildman–Crippen LogP) is 2.72. The molecule has 2 nitrogen and oxygen atoms in total. The fourth-order valence-corrected chi connectivity index (χ4v) is 1.62. The second-order valence-electron chi connectivity index (χ2n) is 1.62. The molecule has 0 amide bonds. The van der Waals surface area contributed by atoms with Crippen molar-refractivity contribution in [2.24, 2.45) is 0 Å². The lowest BCUT2D eigenvalue weighted by Gasteiger charge is -1.95. The van der Waals surface area contributed by atoms with Crippen molar-refractivity contribution < 1.29 is 0 Å². The molecule has 1 aromatic heterocycles. The molecule has 0 bridgehead atoms. The molecule has 0 radical (unpaired) electrons. The number of rotatable bonds is 1. The number of alkyl halides is 1. The molecule has 0 unspecified atom stereocenters. The second-order valence-corrected chi connectivity index (χ2v) is 3.12. The first-order valence-corrected chi connectivity index (χ1v) is 4.75. The van der Waals surface area contributed by atoms with E-state index < -0.39 is 0 Å². The molecule has 0 atom stereocenters. The molecular weight excluding hydrogens is 286 g/mol. The minimum Gasteiger partial charge on any atom is -0.137 e. The van der Waals surface area contributed by atoms with E-state index in [1.807, 2.05) is 0 Å². The molecule has 1 rings (SSSR count). The van der Waals surface area contributed by atoms with Crippen LogP contribution in [0.2, 0.25) is 10.3 Å². The number of hydrogen-bond acceptors (Lipinski definition) is 2. The van der Waals surface area contributed by atoms with Gasteiger partial charge in [0.25, 0.3) is 0 Å². The summed E-state index contributed by atoms with van der Waals surface area (Å²) in [5.74, 6) is 0. The fourth-order valence-electron chi connectivity index (χ4n) is 0.482. The summed E-state index contributed by atoms with van der Waals surface area (Å²) in [6, 6.07) is 1.71. The van der Waals surface area contributed by atoms with Gasteiger partial charge in [0.05, 0.1) is 0 Å². The monoisotopic (exact) mass is 288 g/mol. The highest BCUT2D eigenvalue weighted by Crippen LogP contribution is 2.17. The van der Waals surface area contributed by atoms with Gasteiger partial charge in [-0.2, -0.15) is 0 Å². The van der Waals surface area contributed by atoms with E-state index in [2.05, 4.69) is 32.8 Å². The highest BCUT2D eigenvalue weighted by molar-refractivity contribution is 14.1. The summed E-state index contributed by atoms with van der Waals surface area (Å²) in [4.78, 5) is 0. The Bertz CT molecular complexity index is 241. The third-order valence-corrected chi connectivity index (χ3v) is 2.26. The summed E-state index contributed by atoms with van der Waals surface area (Å²) in [7, 11) is 0. The van der Waals surface area contributed by atoms with E-state index in [0.29, 0.717) is 10.3 Å². The van der Waals surface area contributed by atoms with Crippen LogP contribution >= 0.6 is 45.8 Å². The lowest BCUT2D eigenvalue weighted by atomic mass is 10.4. The molecule has 0 fully saturated rings. The van der Waals surface area contributed by atoms with Crippen LogP contribution in [0.5, 0.6) is 0 Å². The molecule has 0 aliphatic rings. The maximum Gasteiger partial charge on any atom is 0.155 e. The summed E-state index contributed by atoms with van der Waals surface area (Å²) >= 11 is 13.4. The van der Waals surface area contributed by atoms with Crippen LogP contribution in [0.4, 0.5) is 0 Å². The SMILES string of the molecule is Clc1cc(CI)c(Cl)nn1. The topological polar surface area (TPSA) is 25.8 Å². The van der Waals surface area contributed by atoms with E-state index >= 15 is 0 Å². The Hall–Kier alpha value is 0.390. The molecule has 5 heteroatoms. The second kappa shape index (κ2) is 3.69. The molecule has 0 aliphatic heterocycles. The van der Waals surface area contributed by atoms with Gasteiger partial charge >= 0.3 is 0 Å². The van der Waals surface area contributed by atoms with Gasteiger partial charge in [0, 0.05) is 9.99 Å². The van der Waals surface area contributed by atoms with Crippen molar-refractivity contribution >= 4 is 45.8 Å². The maximum absolute atomic E-state index is 5.66. The van der Waals surface area contributed by atoms with Crippen LogP contribution in [0, 0.1) is 0 Å². The first-order chi connectivity index (χ1) is 4.74. The summed E-state index contributed by atoms with van der Waals surface area (Å²) in [6.45, 7) is 0. The van der Waals surface area contributed by atoms with Gasteiger partial charge in [-0.15, -0.1) is 10.2 Å². The zero-order chi connectivity index (χ0) is 7.56. The Morgan fingerprint density at radius 1 is 1.40 bits per heavy atom.